The van der Waals surface area contributed by atoms with Gasteiger partial charge < -0.3 is 20.4 Å². The largest absolute Gasteiger partial charge is 0.359 e. The van der Waals surface area contributed by atoms with E-state index in [4.69, 9.17) is 15.8 Å². The highest BCUT2D eigenvalue weighted by molar-refractivity contribution is 7.92. The molecule has 2 bridgehead atoms. The number of fused-ring (bicyclic) bond motifs is 4. The molecule has 3 aliphatic heterocycles. The van der Waals surface area contributed by atoms with Gasteiger partial charge in [-0.2, -0.15) is 9.61 Å². The number of carbonyl (C=O) groups is 1. The topological polar surface area (TPSA) is 129 Å². The summed E-state index contributed by atoms with van der Waals surface area (Å²) >= 11 is 0. The molecule has 214 valence electrons. The number of nitrogens with one attached hydrogen (secondary N) is 1. The molecule has 5 heterocycles. The number of rotatable bonds is 1. The predicted octanol–water partition coefficient (Wildman–Crippen LogP) is 2.66. The molecule has 2 unspecified atom stereocenters. The van der Waals surface area contributed by atoms with Crippen LogP contribution in [0.15, 0.2) is 24.3 Å². The molecule has 3 N–H and O–H groups in total. The predicted molar refractivity (Wildman–Crippen MR) is 152 cm³/mol. The smallest absolute Gasteiger partial charge is 0.256 e. The standard InChI is InChI=1S/C27H35FN8O3S/c1-17-12-19-21(13-20(17)28)32-40(38,39)11-5-8-33(2)26-15-24(34-10-7-18(29)16-34)30-25-14-22(31-36(25)26)23-6-3-4-9-35(23)27(19)37/h12-15,18,23,32H,3-11,16,29H2,1-2H3. The van der Waals surface area contributed by atoms with E-state index in [0.717, 1.165) is 49.2 Å². The zero-order valence-electron chi connectivity index (χ0n) is 22.8. The summed E-state index contributed by atoms with van der Waals surface area (Å²) in [4.78, 5) is 24.8. The van der Waals surface area contributed by atoms with Crippen molar-refractivity contribution in [2.45, 2.75) is 51.1 Å². The SMILES string of the molecule is Cc1cc2c(cc1F)NS(=O)(=O)CCCN(C)c1cc(N3CCC(N)C3)nc3cc(nn13)C1CCCCN1C2=O. The molecular formula is C27H35FN8O3S. The van der Waals surface area contributed by atoms with Gasteiger partial charge >= 0.3 is 0 Å². The van der Waals surface area contributed by atoms with Crippen LogP contribution >= 0.6 is 0 Å². The number of piperidine rings is 1. The van der Waals surface area contributed by atoms with Gasteiger partial charge in [-0.25, -0.2) is 17.8 Å². The Labute approximate surface area is 233 Å². The highest BCUT2D eigenvalue weighted by Gasteiger charge is 2.33. The Balaban J connectivity index is 1.50. The summed E-state index contributed by atoms with van der Waals surface area (Å²) in [5.41, 5.74) is 7.93. The molecule has 0 aliphatic carbocycles. The molecule has 2 saturated heterocycles. The highest BCUT2D eigenvalue weighted by atomic mass is 32.2. The molecule has 1 amide bonds. The Hall–Kier alpha value is -3.45. The highest BCUT2D eigenvalue weighted by Crippen LogP contribution is 2.35. The Morgan fingerprint density at radius 3 is 2.67 bits per heavy atom. The van der Waals surface area contributed by atoms with Gasteiger partial charge in [-0.3, -0.25) is 9.52 Å². The minimum Gasteiger partial charge on any atom is -0.359 e. The maximum Gasteiger partial charge on any atom is 0.256 e. The molecule has 2 aromatic heterocycles. The zero-order valence-corrected chi connectivity index (χ0v) is 23.6. The van der Waals surface area contributed by atoms with Gasteiger partial charge in [0, 0.05) is 51.4 Å². The number of hydrogen-bond donors (Lipinski definition) is 2. The lowest BCUT2D eigenvalue weighted by Gasteiger charge is -2.35. The maximum absolute atomic E-state index is 14.6. The fourth-order valence-corrected chi connectivity index (χ4v) is 7.08. The van der Waals surface area contributed by atoms with Gasteiger partial charge in [-0.05, 0) is 56.7 Å². The Kier molecular flexibility index (Phi) is 6.81. The van der Waals surface area contributed by atoms with E-state index < -0.39 is 15.8 Å². The molecule has 3 aliphatic rings. The minimum atomic E-state index is -3.85. The summed E-state index contributed by atoms with van der Waals surface area (Å²) in [6, 6.07) is 6.21. The third-order valence-corrected chi connectivity index (χ3v) is 9.52. The number of aromatic nitrogens is 3. The van der Waals surface area contributed by atoms with E-state index in [1.807, 2.05) is 24.1 Å². The van der Waals surface area contributed by atoms with Crippen molar-refractivity contribution in [2.24, 2.45) is 5.73 Å². The number of hydrogen-bond acceptors (Lipinski definition) is 8. The Morgan fingerprint density at radius 1 is 1.07 bits per heavy atom. The van der Waals surface area contributed by atoms with Crippen LogP contribution in [-0.2, 0) is 10.0 Å². The monoisotopic (exact) mass is 570 g/mol. The van der Waals surface area contributed by atoms with Crippen molar-refractivity contribution < 1.29 is 17.6 Å². The second-order valence-electron chi connectivity index (χ2n) is 11.2. The average Bonchev–Trinajstić information content (AvgIpc) is 3.55. The molecular weight excluding hydrogens is 535 g/mol. The van der Waals surface area contributed by atoms with Gasteiger partial charge in [0.25, 0.3) is 5.91 Å². The van der Waals surface area contributed by atoms with Crippen molar-refractivity contribution in [1.29, 1.82) is 0 Å². The van der Waals surface area contributed by atoms with E-state index in [1.165, 1.54) is 6.07 Å². The molecule has 13 heteroatoms. The average molecular weight is 571 g/mol. The summed E-state index contributed by atoms with van der Waals surface area (Å²) in [5.74, 6) is 0.456. The summed E-state index contributed by atoms with van der Waals surface area (Å²) in [5, 5.41) is 4.95. The summed E-state index contributed by atoms with van der Waals surface area (Å²) in [6.07, 6.45) is 3.62. The maximum atomic E-state index is 14.6. The van der Waals surface area contributed by atoms with E-state index in [9.17, 15) is 17.6 Å². The van der Waals surface area contributed by atoms with Crippen molar-refractivity contribution in [1.82, 2.24) is 19.5 Å². The van der Waals surface area contributed by atoms with Gasteiger partial charge in [-0.1, -0.05) is 0 Å². The summed E-state index contributed by atoms with van der Waals surface area (Å²) in [6.45, 7) is 4.00. The molecule has 2 fully saturated rings. The van der Waals surface area contributed by atoms with Crippen molar-refractivity contribution in [3.05, 3.63) is 46.9 Å². The number of anilines is 3. The van der Waals surface area contributed by atoms with Crippen LogP contribution in [0.2, 0.25) is 0 Å². The van der Waals surface area contributed by atoms with Crippen LogP contribution in [0.3, 0.4) is 0 Å². The quantitative estimate of drug-likeness (QED) is 0.457. The van der Waals surface area contributed by atoms with Gasteiger partial charge in [-0.15, -0.1) is 0 Å². The van der Waals surface area contributed by atoms with Crippen molar-refractivity contribution >= 4 is 38.9 Å². The third kappa shape index (κ3) is 4.96. The molecule has 3 aromatic rings. The first-order chi connectivity index (χ1) is 19.1. The lowest BCUT2D eigenvalue weighted by molar-refractivity contribution is 0.0606. The normalized spacial score (nSPS) is 23.5. The van der Waals surface area contributed by atoms with Crippen molar-refractivity contribution in [3.8, 4) is 0 Å². The Bertz CT molecular complexity index is 1580. The van der Waals surface area contributed by atoms with Gasteiger partial charge in [0.2, 0.25) is 10.0 Å². The van der Waals surface area contributed by atoms with Crippen LogP contribution in [0, 0.1) is 12.7 Å². The van der Waals surface area contributed by atoms with E-state index >= 15 is 0 Å². The number of amides is 1. The first kappa shape index (κ1) is 26.8. The third-order valence-electron chi connectivity index (χ3n) is 8.16. The van der Waals surface area contributed by atoms with Gasteiger partial charge in [0.15, 0.2) is 5.65 Å². The Morgan fingerprint density at radius 2 is 1.90 bits per heavy atom. The van der Waals surface area contributed by atoms with Gasteiger partial charge in [0.05, 0.1) is 28.7 Å². The van der Waals surface area contributed by atoms with Crippen LogP contribution in [0.5, 0.6) is 0 Å². The summed E-state index contributed by atoms with van der Waals surface area (Å²) < 4.78 is 45.1. The zero-order chi connectivity index (χ0) is 28.2. The second kappa shape index (κ2) is 10.2. The number of aryl methyl sites for hydroxylation is 1. The number of benzene rings is 1. The molecule has 40 heavy (non-hydrogen) atoms. The lowest BCUT2D eigenvalue weighted by atomic mass is 9.97. The number of halogens is 1. The van der Waals surface area contributed by atoms with E-state index in [2.05, 4.69) is 9.62 Å². The van der Waals surface area contributed by atoms with Crippen LogP contribution < -0.4 is 20.3 Å². The fourth-order valence-electron chi connectivity index (χ4n) is 5.96. The fraction of sp³-hybridized carbons (Fsp3) is 0.519. The first-order valence-corrected chi connectivity index (χ1v) is 15.5. The molecule has 0 saturated carbocycles. The van der Waals surface area contributed by atoms with E-state index in [-0.39, 0.29) is 40.6 Å². The van der Waals surface area contributed by atoms with Crippen LogP contribution in [0.4, 0.5) is 21.7 Å². The molecule has 6 rings (SSSR count). The van der Waals surface area contributed by atoms with Gasteiger partial charge in [0.1, 0.15) is 17.5 Å². The molecule has 0 spiro atoms. The molecule has 2 atom stereocenters. The van der Waals surface area contributed by atoms with Crippen LogP contribution in [0.25, 0.3) is 5.65 Å². The van der Waals surface area contributed by atoms with Crippen LogP contribution in [-0.4, -0.2) is 78.8 Å². The van der Waals surface area contributed by atoms with Crippen molar-refractivity contribution in [3.63, 3.8) is 0 Å². The molecule has 1 aromatic carbocycles. The summed E-state index contributed by atoms with van der Waals surface area (Å²) in [7, 11) is -1.95. The number of sulfonamides is 1. The number of nitrogens with zero attached hydrogens (tertiary/aromatic N) is 6. The number of carbonyl (C=O) groups excluding carboxylic acids is 1. The second-order valence-corrected chi connectivity index (χ2v) is 13.0. The van der Waals surface area contributed by atoms with Crippen molar-refractivity contribution in [2.75, 3.05) is 53.5 Å². The molecule has 0 radical (unpaired) electrons. The molecule has 11 nitrogen and oxygen atoms in total. The van der Waals surface area contributed by atoms with E-state index in [0.29, 0.717) is 38.1 Å². The number of nitrogens with two attached hydrogens (primary N) is 1. The van der Waals surface area contributed by atoms with Crippen LogP contribution in [0.1, 0.15) is 59.8 Å². The lowest BCUT2D eigenvalue weighted by Crippen LogP contribution is -2.39. The minimum absolute atomic E-state index is 0.0355. The van der Waals surface area contributed by atoms with E-state index in [1.54, 1.807) is 16.3 Å². The first-order valence-electron chi connectivity index (χ1n) is 13.8.